The average molecular weight is 478 g/mol. The van der Waals surface area contributed by atoms with Gasteiger partial charge in [-0.3, -0.25) is 4.98 Å². The molecule has 0 saturated carbocycles. The van der Waals surface area contributed by atoms with Crippen molar-refractivity contribution in [3.63, 3.8) is 0 Å². The number of hydrogen-bond donors (Lipinski definition) is 2. The summed E-state index contributed by atoms with van der Waals surface area (Å²) < 4.78 is 7.84. The van der Waals surface area contributed by atoms with Gasteiger partial charge >= 0.3 is 0 Å². The van der Waals surface area contributed by atoms with E-state index in [0.29, 0.717) is 16.5 Å². The summed E-state index contributed by atoms with van der Waals surface area (Å²) in [4.78, 5) is 13.1. The number of anilines is 1. The van der Waals surface area contributed by atoms with E-state index in [-0.39, 0.29) is 6.04 Å². The number of nitrogens with one attached hydrogen (secondary N) is 1. The van der Waals surface area contributed by atoms with Crippen molar-refractivity contribution in [2.45, 2.75) is 33.7 Å². The first kappa shape index (κ1) is 23.5. The van der Waals surface area contributed by atoms with Gasteiger partial charge in [-0.2, -0.15) is 5.10 Å². The summed E-state index contributed by atoms with van der Waals surface area (Å²) in [5.41, 5.74) is 13.0. The Hall–Kier alpha value is -3.65. The summed E-state index contributed by atoms with van der Waals surface area (Å²) in [5.74, 6) is 1.13. The highest BCUT2D eigenvalue weighted by atomic mass is 35.5. The SMILES string of the molecule is C/C=C(/NC)c1cc(-c2c(C)c(Cl)cc(C(C)n3nc(C)c4c(N)ncnc43)c2OC)ccn1. The van der Waals surface area contributed by atoms with Gasteiger partial charge in [-0.05, 0) is 57.0 Å². The Bertz CT molecular complexity index is 1410. The molecule has 176 valence electrons. The third-order valence-corrected chi connectivity index (χ3v) is 6.49. The Morgan fingerprint density at radius 1 is 1.24 bits per heavy atom. The number of rotatable bonds is 6. The minimum atomic E-state index is -0.234. The summed E-state index contributed by atoms with van der Waals surface area (Å²) in [5, 5.41) is 9.29. The second kappa shape index (κ2) is 9.30. The summed E-state index contributed by atoms with van der Waals surface area (Å²) in [6.07, 6.45) is 5.23. The monoisotopic (exact) mass is 477 g/mol. The van der Waals surface area contributed by atoms with Crippen LogP contribution in [0.15, 0.2) is 36.8 Å². The Balaban J connectivity index is 1.94. The minimum absolute atomic E-state index is 0.234. The van der Waals surface area contributed by atoms with Crippen LogP contribution in [0.1, 0.15) is 42.4 Å². The normalized spacial score (nSPS) is 12.7. The second-order valence-corrected chi connectivity index (χ2v) is 8.43. The number of nitrogen functional groups attached to an aromatic ring is 1. The summed E-state index contributed by atoms with van der Waals surface area (Å²) in [7, 11) is 3.55. The first-order valence-electron chi connectivity index (χ1n) is 10.9. The van der Waals surface area contributed by atoms with Crippen molar-refractivity contribution >= 4 is 34.1 Å². The van der Waals surface area contributed by atoms with Gasteiger partial charge in [0, 0.05) is 29.4 Å². The maximum Gasteiger partial charge on any atom is 0.164 e. The number of halogens is 1. The summed E-state index contributed by atoms with van der Waals surface area (Å²) in [6, 6.07) is 5.69. The lowest BCUT2D eigenvalue weighted by Gasteiger charge is -2.22. The first-order chi connectivity index (χ1) is 16.3. The van der Waals surface area contributed by atoms with Gasteiger partial charge in [0.15, 0.2) is 5.65 Å². The van der Waals surface area contributed by atoms with E-state index in [4.69, 9.17) is 27.2 Å². The third-order valence-electron chi connectivity index (χ3n) is 6.10. The Kier molecular flexibility index (Phi) is 6.43. The van der Waals surface area contributed by atoms with Crippen LogP contribution in [0, 0.1) is 13.8 Å². The number of hydrogen-bond acceptors (Lipinski definition) is 7. The Morgan fingerprint density at radius 3 is 2.68 bits per heavy atom. The number of allylic oxidation sites excluding steroid dienone is 1. The fraction of sp³-hybridized carbons (Fsp3) is 0.280. The highest BCUT2D eigenvalue weighted by Crippen LogP contribution is 2.43. The van der Waals surface area contributed by atoms with Crippen LogP contribution in [0.2, 0.25) is 5.02 Å². The van der Waals surface area contributed by atoms with Crippen LogP contribution in [0.3, 0.4) is 0 Å². The van der Waals surface area contributed by atoms with Crippen molar-refractivity contribution < 1.29 is 4.74 Å². The molecule has 4 rings (SSSR count). The number of benzene rings is 1. The molecular weight excluding hydrogens is 450 g/mol. The summed E-state index contributed by atoms with van der Waals surface area (Å²) in [6.45, 7) is 7.90. The lowest BCUT2D eigenvalue weighted by molar-refractivity contribution is 0.402. The van der Waals surface area contributed by atoms with Crippen LogP contribution in [0.25, 0.3) is 27.9 Å². The maximum absolute atomic E-state index is 6.76. The van der Waals surface area contributed by atoms with E-state index in [1.807, 2.05) is 63.7 Å². The molecule has 0 spiro atoms. The largest absolute Gasteiger partial charge is 0.496 e. The van der Waals surface area contributed by atoms with Crippen molar-refractivity contribution in [1.29, 1.82) is 0 Å². The standard InChI is InChI=1S/C25H28ClN7O/c1-7-19(28-5)20-10-16(8-9-29-20)21-13(2)18(26)11-17(23(21)34-6)15(4)33-25-22(14(3)32-33)24(27)30-12-31-25/h7-12,15,28H,1-6H3,(H2,27,30,31)/b19-7+. The van der Waals surface area contributed by atoms with Crippen molar-refractivity contribution in [3.8, 4) is 16.9 Å². The molecule has 3 heterocycles. The lowest BCUT2D eigenvalue weighted by atomic mass is 9.93. The van der Waals surface area contributed by atoms with E-state index in [1.165, 1.54) is 6.33 Å². The Labute approximate surface area is 203 Å². The molecule has 0 fully saturated rings. The number of aryl methyl sites for hydroxylation is 1. The highest BCUT2D eigenvalue weighted by Gasteiger charge is 2.25. The van der Waals surface area contributed by atoms with Gasteiger partial charge in [-0.15, -0.1) is 0 Å². The van der Waals surface area contributed by atoms with Crippen LogP contribution in [-0.4, -0.2) is 38.9 Å². The van der Waals surface area contributed by atoms with E-state index >= 15 is 0 Å². The van der Waals surface area contributed by atoms with Crippen LogP contribution < -0.4 is 15.8 Å². The van der Waals surface area contributed by atoms with E-state index < -0.39 is 0 Å². The number of aromatic nitrogens is 5. The fourth-order valence-electron chi connectivity index (χ4n) is 4.35. The molecule has 1 aromatic carbocycles. The van der Waals surface area contributed by atoms with Gasteiger partial charge in [0.2, 0.25) is 0 Å². The molecule has 3 N–H and O–H groups in total. The van der Waals surface area contributed by atoms with Gasteiger partial charge in [0.1, 0.15) is 17.9 Å². The third kappa shape index (κ3) is 3.84. The molecule has 0 aliphatic heterocycles. The number of fused-ring (bicyclic) bond motifs is 1. The molecule has 0 radical (unpaired) electrons. The second-order valence-electron chi connectivity index (χ2n) is 8.03. The molecule has 3 aromatic heterocycles. The van der Waals surface area contributed by atoms with Gasteiger partial charge in [0.05, 0.1) is 35.6 Å². The molecule has 9 heteroatoms. The molecule has 0 bridgehead atoms. The quantitative estimate of drug-likeness (QED) is 0.405. The van der Waals surface area contributed by atoms with Gasteiger partial charge in [0.25, 0.3) is 0 Å². The number of methoxy groups -OCH3 is 1. The van der Waals surface area contributed by atoms with E-state index in [2.05, 4.69) is 20.3 Å². The Morgan fingerprint density at radius 2 is 2.00 bits per heavy atom. The lowest BCUT2D eigenvalue weighted by Crippen LogP contribution is -2.12. The van der Waals surface area contributed by atoms with E-state index in [9.17, 15) is 0 Å². The van der Waals surface area contributed by atoms with E-state index in [0.717, 1.165) is 50.5 Å². The van der Waals surface area contributed by atoms with Gasteiger partial charge in [-0.25, -0.2) is 14.6 Å². The topological polar surface area (TPSA) is 104 Å². The molecule has 1 unspecified atom stereocenters. The van der Waals surface area contributed by atoms with Crippen LogP contribution in [0.4, 0.5) is 5.82 Å². The van der Waals surface area contributed by atoms with E-state index in [1.54, 1.807) is 13.3 Å². The van der Waals surface area contributed by atoms with Crippen LogP contribution in [0.5, 0.6) is 5.75 Å². The van der Waals surface area contributed by atoms with Crippen molar-refractivity contribution in [2.75, 3.05) is 19.9 Å². The minimum Gasteiger partial charge on any atom is -0.496 e. The molecule has 0 aliphatic carbocycles. The fourth-order valence-corrected chi connectivity index (χ4v) is 4.56. The zero-order chi connectivity index (χ0) is 24.6. The number of ether oxygens (including phenoxy) is 1. The first-order valence-corrected chi connectivity index (χ1v) is 11.3. The molecule has 4 aromatic rings. The molecule has 0 aliphatic rings. The zero-order valence-corrected chi connectivity index (χ0v) is 20.9. The van der Waals surface area contributed by atoms with Crippen LogP contribution >= 0.6 is 11.6 Å². The number of pyridine rings is 1. The van der Waals surface area contributed by atoms with Crippen molar-refractivity contribution in [1.82, 2.24) is 30.0 Å². The molecule has 34 heavy (non-hydrogen) atoms. The van der Waals surface area contributed by atoms with Gasteiger partial charge in [-0.1, -0.05) is 17.7 Å². The maximum atomic E-state index is 6.76. The van der Waals surface area contributed by atoms with Crippen molar-refractivity contribution in [3.05, 3.63) is 64.3 Å². The molecule has 8 nitrogen and oxygen atoms in total. The van der Waals surface area contributed by atoms with Gasteiger partial charge < -0.3 is 15.8 Å². The smallest absolute Gasteiger partial charge is 0.164 e. The molecule has 0 saturated heterocycles. The van der Waals surface area contributed by atoms with Crippen LogP contribution in [-0.2, 0) is 0 Å². The highest BCUT2D eigenvalue weighted by molar-refractivity contribution is 6.32. The van der Waals surface area contributed by atoms with Crippen molar-refractivity contribution in [2.24, 2.45) is 0 Å². The molecular formula is C25H28ClN7O. The predicted octanol–water partition coefficient (Wildman–Crippen LogP) is 4.94. The predicted molar refractivity (Wildman–Crippen MR) is 137 cm³/mol. The molecule has 1 atom stereocenters. The summed E-state index contributed by atoms with van der Waals surface area (Å²) >= 11 is 6.76. The average Bonchev–Trinajstić information content (AvgIpc) is 3.18. The number of nitrogens with two attached hydrogens (primary N) is 1. The molecule has 0 amide bonds. The zero-order valence-electron chi connectivity index (χ0n) is 20.1. The number of nitrogens with zero attached hydrogens (tertiary/aromatic N) is 5.